The molecule has 0 saturated heterocycles. The molecule has 0 aromatic heterocycles. The van der Waals surface area contributed by atoms with Gasteiger partial charge in [-0.25, -0.2) is 4.99 Å². The number of nitrogens with zero attached hydrogens (tertiary/aromatic N) is 1. The lowest BCUT2D eigenvalue weighted by molar-refractivity contribution is 0.482. The molecule has 0 atom stereocenters. The monoisotopic (exact) mass is 347 g/mol. The number of aliphatic imine (C=N–C) groups is 1. The number of rotatable bonds is 7. The maximum atomic E-state index is 10.8. The van der Waals surface area contributed by atoms with Crippen LogP contribution in [0.2, 0.25) is 0 Å². The molecule has 0 fully saturated rings. The third-order valence-corrected chi connectivity index (χ3v) is 3.94. The molecule has 0 saturated carbocycles. The minimum absolute atomic E-state index is 0.0776. The second-order valence-corrected chi connectivity index (χ2v) is 6.77. The SMILES string of the molecule is O=S(=O)(O)CCNC(=NCc1ccccc1)NCc1ccccc1. The van der Waals surface area contributed by atoms with Gasteiger partial charge in [-0.1, -0.05) is 60.7 Å². The predicted octanol–water partition coefficient (Wildman–Crippen LogP) is 1.81. The minimum Gasteiger partial charge on any atom is -0.355 e. The number of guanidine groups is 1. The number of benzene rings is 2. The van der Waals surface area contributed by atoms with Gasteiger partial charge in [0.05, 0.1) is 12.3 Å². The van der Waals surface area contributed by atoms with Crippen LogP contribution in [0.15, 0.2) is 65.7 Å². The van der Waals surface area contributed by atoms with Crippen molar-refractivity contribution in [3.8, 4) is 0 Å². The summed E-state index contributed by atoms with van der Waals surface area (Å²) < 4.78 is 30.5. The van der Waals surface area contributed by atoms with E-state index in [1.807, 2.05) is 60.7 Å². The van der Waals surface area contributed by atoms with Crippen LogP contribution in [0.5, 0.6) is 0 Å². The first kappa shape index (κ1) is 18.0. The molecule has 0 heterocycles. The van der Waals surface area contributed by atoms with Crippen molar-refractivity contribution in [2.75, 3.05) is 12.3 Å². The zero-order chi connectivity index (χ0) is 17.3. The standard InChI is InChI=1S/C17H21N3O3S/c21-24(22,23)12-11-18-17(19-13-15-7-3-1-4-8-15)20-14-16-9-5-2-6-10-16/h1-10H,11-14H2,(H2,18,19,20)(H,21,22,23). The Bertz CT molecular complexity index is 747. The average Bonchev–Trinajstić information content (AvgIpc) is 2.57. The van der Waals surface area contributed by atoms with Gasteiger partial charge in [-0.05, 0) is 11.1 Å². The number of hydrogen-bond acceptors (Lipinski definition) is 3. The summed E-state index contributed by atoms with van der Waals surface area (Å²) >= 11 is 0. The molecular formula is C17H21N3O3S. The van der Waals surface area contributed by atoms with Crippen molar-refractivity contribution in [3.05, 3.63) is 71.8 Å². The first-order valence-corrected chi connectivity index (χ1v) is 9.19. The fraction of sp³-hybridized carbons (Fsp3) is 0.235. The second-order valence-electron chi connectivity index (χ2n) is 5.20. The molecule has 0 unspecified atom stereocenters. The Balaban J connectivity index is 1.97. The Kier molecular flexibility index (Phi) is 6.77. The van der Waals surface area contributed by atoms with Gasteiger partial charge in [-0.2, -0.15) is 8.42 Å². The van der Waals surface area contributed by atoms with Gasteiger partial charge in [0, 0.05) is 13.1 Å². The summed E-state index contributed by atoms with van der Waals surface area (Å²) in [6, 6.07) is 19.6. The van der Waals surface area contributed by atoms with Crippen LogP contribution >= 0.6 is 0 Å². The van der Waals surface area contributed by atoms with Crippen LogP contribution in [-0.2, 0) is 23.2 Å². The zero-order valence-corrected chi connectivity index (χ0v) is 14.0. The average molecular weight is 347 g/mol. The molecule has 0 spiro atoms. The molecule has 6 nitrogen and oxygen atoms in total. The van der Waals surface area contributed by atoms with E-state index in [4.69, 9.17) is 4.55 Å². The van der Waals surface area contributed by atoms with E-state index in [0.717, 1.165) is 11.1 Å². The fourth-order valence-electron chi connectivity index (χ4n) is 2.01. The third-order valence-electron chi connectivity index (χ3n) is 3.22. The van der Waals surface area contributed by atoms with E-state index in [1.165, 1.54) is 0 Å². The summed E-state index contributed by atoms with van der Waals surface area (Å²) in [4.78, 5) is 4.45. The molecule has 3 N–H and O–H groups in total. The molecule has 2 rings (SSSR count). The lowest BCUT2D eigenvalue weighted by Crippen LogP contribution is -2.39. The molecule has 2 aromatic rings. The molecule has 0 aliphatic carbocycles. The minimum atomic E-state index is -4.00. The van der Waals surface area contributed by atoms with Gasteiger partial charge in [0.25, 0.3) is 10.1 Å². The van der Waals surface area contributed by atoms with Crippen LogP contribution in [0.25, 0.3) is 0 Å². The normalized spacial score (nSPS) is 12.0. The summed E-state index contributed by atoms with van der Waals surface area (Å²) in [6.45, 7) is 1.11. The molecule has 0 bridgehead atoms. The van der Waals surface area contributed by atoms with E-state index in [1.54, 1.807) is 0 Å². The summed E-state index contributed by atoms with van der Waals surface area (Å²) in [5.41, 5.74) is 2.13. The van der Waals surface area contributed by atoms with E-state index >= 15 is 0 Å². The second kappa shape index (κ2) is 9.05. The van der Waals surface area contributed by atoms with Crippen LogP contribution in [0.4, 0.5) is 0 Å². The quantitative estimate of drug-likeness (QED) is 0.404. The highest BCUT2D eigenvalue weighted by molar-refractivity contribution is 7.85. The van der Waals surface area contributed by atoms with Gasteiger partial charge < -0.3 is 10.6 Å². The first-order valence-electron chi connectivity index (χ1n) is 7.58. The van der Waals surface area contributed by atoms with Crippen molar-refractivity contribution in [1.29, 1.82) is 0 Å². The zero-order valence-electron chi connectivity index (χ0n) is 13.2. The Hall–Kier alpha value is -2.38. The smallest absolute Gasteiger partial charge is 0.266 e. The molecular weight excluding hydrogens is 326 g/mol. The molecule has 24 heavy (non-hydrogen) atoms. The summed E-state index contributed by atoms with van der Waals surface area (Å²) in [7, 11) is -4.00. The van der Waals surface area contributed by atoms with Gasteiger partial charge in [-0.15, -0.1) is 0 Å². The molecule has 0 radical (unpaired) electrons. The van der Waals surface area contributed by atoms with E-state index in [-0.39, 0.29) is 12.3 Å². The van der Waals surface area contributed by atoms with Gasteiger partial charge >= 0.3 is 0 Å². The van der Waals surface area contributed by atoms with E-state index in [9.17, 15) is 8.42 Å². The topological polar surface area (TPSA) is 90.8 Å². The van der Waals surface area contributed by atoms with Gasteiger partial charge in [0.1, 0.15) is 0 Å². The highest BCUT2D eigenvalue weighted by Crippen LogP contribution is 2.01. The van der Waals surface area contributed by atoms with E-state index in [0.29, 0.717) is 19.0 Å². The molecule has 0 aliphatic heterocycles. The Morgan fingerprint density at radius 3 is 2.08 bits per heavy atom. The van der Waals surface area contributed by atoms with E-state index in [2.05, 4.69) is 15.6 Å². The molecule has 0 amide bonds. The van der Waals surface area contributed by atoms with Crippen molar-refractivity contribution in [2.45, 2.75) is 13.1 Å². The highest BCUT2D eigenvalue weighted by atomic mass is 32.2. The molecule has 7 heteroatoms. The van der Waals surface area contributed by atoms with Crippen LogP contribution in [-0.4, -0.2) is 31.2 Å². The maximum Gasteiger partial charge on any atom is 0.266 e. The first-order chi connectivity index (χ1) is 11.5. The van der Waals surface area contributed by atoms with E-state index < -0.39 is 10.1 Å². The number of hydrogen-bond donors (Lipinski definition) is 3. The van der Waals surface area contributed by atoms with Crippen molar-refractivity contribution in [3.63, 3.8) is 0 Å². The Labute approximate surface area is 142 Å². The van der Waals surface area contributed by atoms with Crippen LogP contribution in [0.1, 0.15) is 11.1 Å². The third kappa shape index (κ3) is 7.26. The van der Waals surface area contributed by atoms with Crippen LogP contribution < -0.4 is 10.6 Å². The van der Waals surface area contributed by atoms with Crippen LogP contribution in [0, 0.1) is 0 Å². The molecule has 128 valence electrons. The lowest BCUT2D eigenvalue weighted by Gasteiger charge is -2.12. The largest absolute Gasteiger partial charge is 0.355 e. The molecule has 0 aliphatic rings. The Morgan fingerprint density at radius 1 is 0.917 bits per heavy atom. The van der Waals surface area contributed by atoms with Gasteiger partial charge in [0.2, 0.25) is 0 Å². The summed E-state index contributed by atoms with van der Waals surface area (Å²) in [6.07, 6.45) is 0. The van der Waals surface area contributed by atoms with Crippen molar-refractivity contribution in [2.24, 2.45) is 4.99 Å². The van der Waals surface area contributed by atoms with Crippen molar-refractivity contribution < 1.29 is 13.0 Å². The predicted molar refractivity (Wildman–Crippen MR) is 95.3 cm³/mol. The van der Waals surface area contributed by atoms with Crippen molar-refractivity contribution >= 4 is 16.1 Å². The van der Waals surface area contributed by atoms with Crippen molar-refractivity contribution in [1.82, 2.24) is 10.6 Å². The summed E-state index contributed by atoms with van der Waals surface area (Å²) in [5.74, 6) is 0.121. The van der Waals surface area contributed by atoms with Gasteiger partial charge in [0.15, 0.2) is 5.96 Å². The molecule has 2 aromatic carbocycles. The summed E-state index contributed by atoms with van der Waals surface area (Å²) in [5, 5.41) is 6.07. The van der Waals surface area contributed by atoms with Gasteiger partial charge in [-0.3, -0.25) is 4.55 Å². The fourth-order valence-corrected chi connectivity index (χ4v) is 2.37. The lowest BCUT2D eigenvalue weighted by atomic mass is 10.2. The number of nitrogens with one attached hydrogen (secondary N) is 2. The van der Waals surface area contributed by atoms with Crippen LogP contribution in [0.3, 0.4) is 0 Å². The Morgan fingerprint density at radius 2 is 1.50 bits per heavy atom. The maximum absolute atomic E-state index is 10.8. The highest BCUT2D eigenvalue weighted by Gasteiger charge is 2.05.